The third kappa shape index (κ3) is 2.87. The number of methoxy groups -OCH3 is 1. The quantitative estimate of drug-likeness (QED) is 0.632. The Hall–Kier alpha value is -1.60. The summed E-state index contributed by atoms with van der Waals surface area (Å²) < 4.78 is 31.8. The SMILES string of the molecule is COC(=O)c1ccc(N)cc1S(=O)(=O)NC1(C)CC1. The van der Waals surface area contributed by atoms with Crippen molar-refractivity contribution in [1.29, 1.82) is 0 Å². The molecule has 0 spiro atoms. The summed E-state index contributed by atoms with van der Waals surface area (Å²) in [4.78, 5) is 11.5. The molecule has 0 bridgehead atoms. The molecule has 1 aliphatic carbocycles. The van der Waals surface area contributed by atoms with Crippen molar-refractivity contribution < 1.29 is 17.9 Å². The van der Waals surface area contributed by atoms with E-state index in [1.54, 1.807) is 0 Å². The molecule has 0 heterocycles. The minimum atomic E-state index is -3.79. The Morgan fingerprint density at radius 1 is 1.42 bits per heavy atom. The molecule has 1 aromatic rings. The number of nitrogens with two attached hydrogens (primary N) is 1. The summed E-state index contributed by atoms with van der Waals surface area (Å²) in [5, 5.41) is 0. The van der Waals surface area contributed by atoms with E-state index in [-0.39, 0.29) is 16.1 Å². The van der Waals surface area contributed by atoms with Gasteiger partial charge in [0.25, 0.3) is 0 Å². The molecule has 0 saturated heterocycles. The molecule has 1 saturated carbocycles. The summed E-state index contributed by atoms with van der Waals surface area (Å²) in [6.07, 6.45) is 1.56. The van der Waals surface area contributed by atoms with Crippen LogP contribution in [0.25, 0.3) is 0 Å². The highest BCUT2D eigenvalue weighted by atomic mass is 32.2. The average molecular weight is 284 g/mol. The lowest BCUT2D eigenvalue weighted by molar-refractivity contribution is 0.0596. The zero-order valence-electron chi connectivity index (χ0n) is 10.8. The lowest BCUT2D eigenvalue weighted by atomic mass is 10.2. The summed E-state index contributed by atoms with van der Waals surface area (Å²) in [6.45, 7) is 1.81. The zero-order chi connectivity index (χ0) is 14.3. The van der Waals surface area contributed by atoms with Gasteiger partial charge in [-0.05, 0) is 38.0 Å². The molecule has 6 nitrogen and oxygen atoms in total. The Bertz CT molecular complexity index is 621. The van der Waals surface area contributed by atoms with Gasteiger partial charge in [-0.3, -0.25) is 0 Å². The van der Waals surface area contributed by atoms with Gasteiger partial charge in [-0.15, -0.1) is 0 Å². The van der Waals surface area contributed by atoms with Crippen molar-refractivity contribution in [3.05, 3.63) is 23.8 Å². The molecule has 3 N–H and O–H groups in total. The van der Waals surface area contributed by atoms with Crippen molar-refractivity contribution in [2.45, 2.75) is 30.2 Å². The van der Waals surface area contributed by atoms with Crippen LogP contribution in [0.1, 0.15) is 30.1 Å². The van der Waals surface area contributed by atoms with Gasteiger partial charge in [-0.25, -0.2) is 17.9 Å². The third-order valence-electron chi connectivity index (χ3n) is 3.08. The second-order valence-corrected chi connectivity index (χ2v) is 6.56. The van der Waals surface area contributed by atoms with Gasteiger partial charge in [0, 0.05) is 11.2 Å². The van der Waals surface area contributed by atoms with Crippen LogP contribution < -0.4 is 10.5 Å². The van der Waals surface area contributed by atoms with E-state index < -0.39 is 21.5 Å². The first-order chi connectivity index (χ1) is 8.77. The number of carbonyl (C=O) groups excluding carboxylic acids is 1. The van der Waals surface area contributed by atoms with Gasteiger partial charge in [0.15, 0.2) is 0 Å². The van der Waals surface area contributed by atoms with Gasteiger partial charge >= 0.3 is 5.97 Å². The molecule has 7 heteroatoms. The second kappa shape index (κ2) is 4.50. The lowest BCUT2D eigenvalue weighted by Gasteiger charge is -2.14. The van der Waals surface area contributed by atoms with Crippen molar-refractivity contribution in [3.8, 4) is 0 Å². The van der Waals surface area contributed by atoms with Gasteiger partial charge in [0.1, 0.15) is 0 Å². The highest BCUT2D eigenvalue weighted by Crippen LogP contribution is 2.36. The molecule has 0 radical (unpaired) electrons. The topological polar surface area (TPSA) is 98.5 Å². The minimum Gasteiger partial charge on any atom is -0.465 e. The first kappa shape index (κ1) is 13.8. The monoisotopic (exact) mass is 284 g/mol. The number of benzene rings is 1. The first-order valence-corrected chi connectivity index (χ1v) is 7.28. The van der Waals surface area contributed by atoms with E-state index in [0.29, 0.717) is 0 Å². The van der Waals surface area contributed by atoms with Crippen LogP contribution in [0.4, 0.5) is 5.69 Å². The van der Waals surface area contributed by atoms with E-state index in [4.69, 9.17) is 5.73 Å². The van der Waals surface area contributed by atoms with Crippen LogP contribution in [0, 0.1) is 0 Å². The number of hydrogen-bond acceptors (Lipinski definition) is 5. The van der Waals surface area contributed by atoms with Gasteiger partial charge in [0.05, 0.1) is 17.6 Å². The fourth-order valence-corrected chi connectivity index (χ4v) is 3.40. The Morgan fingerprint density at radius 2 is 2.05 bits per heavy atom. The average Bonchev–Trinajstić information content (AvgIpc) is 3.04. The Balaban J connectivity index is 2.47. The Morgan fingerprint density at radius 3 is 2.58 bits per heavy atom. The van der Waals surface area contributed by atoms with Crippen molar-refractivity contribution >= 4 is 21.7 Å². The lowest BCUT2D eigenvalue weighted by Crippen LogP contribution is -2.35. The van der Waals surface area contributed by atoms with Crippen LogP contribution in [0.2, 0.25) is 0 Å². The Kier molecular flexibility index (Phi) is 3.27. The molecule has 0 amide bonds. The zero-order valence-corrected chi connectivity index (χ0v) is 11.6. The molecule has 2 rings (SSSR count). The van der Waals surface area contributed by atoms with Crippen molar-refractivity contribution in [1.82, 2.24) is 4.72 Å². The second-order valence-electron chi connectivity index (χ2n) is 4.91. The largest absolute Gasteiger partial charge is 0.465 e. The fourth-order valence-electron chi connectivity index (χ4n) is 1.71. The van der Waals surface area contributed by atoms with Crippen molar-refractivity contribution in [2.24, 2.45) is 0 Å². The molecule has 0 aromatic heterocycles. The van der Waals surface area contributed by atoms with Crippen molar-refractivity contribution in [2.75, 3.05) is 12.8 Å². The molecule has 0 atom stereocenters. The van der Waals surface area contributed by atoms with Gasteiger partial charge in [-0.2, -0.15) is 0 Å². The minimum absolute atomic E-state index is 0.0200. The number of esters is 1. The van der Waals surface area contributed by atoms with E-state index in [9.17, 15) is 13.2 Å². The van der Waals surface area contributed by atoms with Crippen LogP contribution in [0.15, 0.2) is 23.1 Å². The van der Waals surface area contributed by atoms with Crippen LogP contribution >= 0.6 is 0 Å². The summed E-state index contributed by atoms with van der Waals surface area (Å²) in [7, 11) is -2.60. The number of sulfonamides is 1. The maximum Gasteiger partial charge on any atom is 0.339 e. The normalized spacial score (nSPS) is 16.9. The summed E-state index contributed by atoms with van der Waals surface area (Å²) in [5.74, 6) is -0.707. The predicted molar refractivity (Wildman–Crippen MR) is 70.2 cm³/mol. The number of carbonyl (C=O) groups is 1. The van der Waals surface area contributed by atoms with Gasteiger partial charge in [0.2, 0.25) is 10.0 Å². The maximum atomic E-state index is 12.3. The molecule has 1 aromatic carbocycles. The van der Waals surface area contributed by atoms with E-state index in [0.717, 1.165) is 12.8 Å². The molecular weight excluding hydrogens is 268 g/mol. The smallest absolute Gasteiger partial charge is 0.339 e. The standard InChI is InChI=1S/C12H16N2O4S/c1-12(5-6-12)14-19(16,17)10-7-8(13)3-4-9(10)11(15)18-2/h3-4,7,14H,5-6,13H2,1-2H3. The van der Waals surface area contributed by atoms with E-state index in [2.05, 4.69) is 9.46 Å². The number of anilines is 1. The van der Waals surface area contributed by atoms with E-state index in [1.165, 1.54) is 25.3 Å². The van der Waals surface area contributed by atoms with E-state index >= 15 is 0 Å². The number of nitrogen functional groups attached to an aromatic ring is 1. The maximum absolute atomic E-state index is 12.3. The summed E-state index contributed by atoms with van der Waals surface area (Å²) in [6, 6.07) is 4.08. The molecular formula is C12H16N2O4S. The summed E-state index contributed by atoms with van der Waals surface area (Å²) >= 11 is 0. The van der Waals surface area contributed by atoms with Crippen LogP contribution in [0.5, 0.6) is 0 Å². The van der Waals surface area contributed by atoms with Crippen LogP contribution in [0.3, 0.4) is 0 Å². The predicted octanol–water partition coefficient (Wildman–Crippen LogP) is 0.886. The molecule has 1 fully saturated rings. The molecule has 1 aliphatic rings. The first-order valence-electron chi connectivity index (χ1n) is 5.79. The highest BCUT2D eigenvalue weighted by Gasteiger charge is 2.42. The molecule has 0 unspecified atom stereocenters. The van der Waals surface area contributed by atoms with Crippen molar-refractivity contribution in [3.63, 3.8) is 0 Å². The Labute approximate surface area is 112 Å². The highest BCUT2D eigenvalue weighted by molar-refractivity contribution is 7.89. The number of ether oxygens (including phenoxy) is 1. The third-order valence-corrected chi connectivity index (χ3v) is 4.76. The summed E-state index contributed by atoms with van der Waals surface area (Å²) in [5.41, 5.74) is 5.43. The van der Waals surface area contributed by atoms with Crippen LogP contribution in [-0.2, 0) is 14.8 Å². The molecule has 104 valence electrons. The van der Waals surface area contributed by atoms with Gasteiger partial charge < -0.3 is 10.5 Å². The molecule has 0 aliphatic heterocycles. The number of nitrogens with one attached hydrogen (secondary N) is 1. The van der Waals surface area contributed by atoms with Crippen LogP contribution in [-0.4, -0.2) is 27.0 Å². The van der Waals surface area contributed by atoms with E-state index in [1.807, 2.05) is 6.92 Å². The molecule has 19 heavy (non-hydrogen) atoms. The fraction of sp³-hybridized carbons (Fsp3) is 0.417. The number of rotatable bonds is 4. The number of hydrogen-bond donors (Lipinski definition) is 2. The van der Waals surface area contributed by atoms with Gasteiger partial charge in [-0.1, -0.05) is 0 Å².